The normalized spacial score (nSPS) is 14.9. The first kappa shape index (κ1) is 18.4. The maximum absolute atomic E-state index is 10.8. The summed E-state index contributed by atoms with van der Waals surface area (Å²) < 4.78 is 4.88. The van der Waals surface area contributed by atoms with Crippen LogP contribution in [0.5, 0.6) is 0 Å². The molecule has 3 aromatic rings. The molecule has 2 aromatic carbocycles. The minimum Gasteiger partial charge on any atom is -0.369 e. The van der Waals surface area contributed by atoms with Crippen molar-refractivity contribution in [2.75, 3.05) is 31.1 Å². The van der Waals surface area contributed by atoms with Gasteiger partial charge in [0, 0.05) is 62.1 Å². The molecule has 28 heavy (non-hydrogen) atoms. The number of anilines is 1. The highest BCUT2D eigenvalue weighted by Crippen LogP contribution is 2.21. The number of nitro benzene ring substituents is 1. The lowest BCUT2D eigenvalue weighted by molar-refractivity contribution is -0.384. The molecule has 0 bridgehead atoms. The van der Waals surface area contributed by atoms with Crippen LogP contribution in [0.4, 0.5) is 11.4 Å². The molecule has 0 N–H and O–H groups in total. The van der Waals surface area contributed by atoms with Crippen LogP contribution >= 0.6 is 12.2 Å². The molecule has 0 spiro atoms. The minimum atomic E-state index is -0.368. The molecule has 7 nitrogen and oxygen atoms in total. The van der Waals surface area contributed by atoms with Gasteiger partial charge >= 0.3 is 0 Å². The Labute approximate surface area is 168 Å². The number of nitro groups is 1. The van der Waals surface area contributed by atoms with Gasteiger partial charge in [-0.15, -0.1) is 0 Å². The Kier molecular flexibility index (Phi) is 5.23. The first-order chi connectivity index (χ1) is 13.6. The van der Waals surface area contributed by atoms with Crippen molar-refractivity contribution in [2.45, 2.75) is 6.67 Å². The van der Waals surface area contributed by atoms with Gasteiger partial charge in [-0.3, -0.25) is 19.6 Å². The largest absolute Gasteiger partial charge is 0.369 e. The average molecular weight is 395 g/mol. The minimum absolute atomic E-state index is 0.125. The van der Waals surface area contributed by atoms with Gasteiger partial charge in [0.2, 0.25) is 0 Å². The van der Waals surface area contributed by atoms with E-state index in [-0.39, 0.29) is 10.6 Å². The summed E-state index contributed by atoms with van der Waals surface area (Å²) in [5.41, 5.74) is 2.21. The van der Waals surface area contributed by atoms with Crippen LogP contribution in [0.15, 0.2) is 67.0 Å². The Balaban J connectivity index is 1.38. The second-order valence-electron chi connectivity index (χ2n) is 6.78. The molecule has 1 fully saturated rings. The Morgan fingerprint density at radius 2 is 1.57 bits per heavy atom. The second-order valence-corrected chi connectivity index (χ2v) is 7.14. The van der Waals surface area contributed by atoms with E-state index in [1.54, 1.807) is 12.1 Å². The highest BCUT2D eigenvalue weighted by atomic mass is 32.1. The van der Waals surface area contributed by atoms with Crippen molar-refractivity contribution in [3.63, 3.8) is 0 Å². The van der Waals surface area contributed by atoms with Crippen LogP contribution in [0.2, 0.25) is 0 Å². The maximum atomic E-state index is 10.8. The van der Waals surface area contributed by atoms with Crippen LogP contribution in [-0.2, 0) is 6.67 Å². The number of non-ortho nitro benzene ring substituents is 1. The van der Waals surface area contributed by atoms with Gasteiger partial charge in [-0.2, -0.15) is 0 Å². The molecule has 4 rings (SSSR count). The lowest BCUT2D eigenvalue weighted by Gasteiger charge is -2.36. The van der Waals surface area contributed by atoms with Crippen molar-refractivity contribution in [2.24, 2.45) is 0 Å². The summed E-state index contributed by atoms with van der Waals surface area (Å²) >= 11 is 5.64. The van der Waals surface area contributed by atoms with Crippen molar-refractivity contribution in [3.05, 3.63) is 81.9 Å². The third-order valence-electron chi connectivity index (χ3n) is 5.03. The fraction of sp³-hybridized carbons (Fsp3) is 0.250. The maximum Gasteiger partial charge on any atom is 0.269 e. The molecule has 0 unspecified atom stereocenters. The van der Waals surface area contributed by atoms with E-state index in [4.69, 9.17) is 12.2 Å². The van der Waals surface area contributed by atoms with Gasteiger partial charge in [-0.25, -0.2) is 0 Å². The van der Waals surface area contributed by atoms with E-state index in [2.05, 4.69) is 14.4 Å². The molecule has 0 atom stereocenters. The number of piperazine rings is 1. The van der Waals surface area contributed by atoms with E-state index in [1.165, 1.54) is 0 Å². The molecule has 2 heterocycles. The lowest BCUT2D eigenvalue weighted by atomic mass is 10.2. The fourth-order valence-electron chi connectivity index (χ4n) is 3.45. The van der Waals surface area contributed by atoms with Gasteiger partial charge in [-0.05, 0) is 36.5 Å². The van der Waals surface area contributed by atoms with Gasteiger partial charge in [0.1, 0.15) is 0 Å². The SMILES string of the molecule is O=[N+]([O-])c1ccc(N2CCN(Cn3ccn(-c4ccccc4)c3=S)CC2)cc1. The van der Waals surface area contributed by atoms with Crippen LogP contribution in [0.1, 0.15) is 0 Å². The summed E-state index contributed by atoms with van der Waals surface area (Å²) in [6.45, 7) is 4.34. The number of nitrogens with zero attached hydrogens (tertiary/aromatic N) is 5. The lowest BCUT2D eigenvalue weighted by Crippen LogP contribution is -2.46. The second kappa shape index (κ2) is 7.95. The topological polar surface area (TPSA) is 59.5 Å². The third kappa shape index (κ3) is 3.83. The van der Waals surface area contributed by atoms with Gasteiger partial charge in [0.25, 0.3) is 5.69 Å². The van der Waals surface area contributed by atoms with Crippen molar-refractivity contribution in [1.29, 1.82) is 0 Å². The molecule has 0 saturated carbocycles. The Morgan fingerprint density at radius 1 is 0.893 bits per heavy atom. The summed E-state index contributed by atoms with van der Waals surface area (Å²) in [7, 11) is 0. The zero-order chi connectivity index (χ0) is 19.5. The molecule has 8 heteroatoms. The van der Waals surface area contributed by atoms with E-state index < -0.39 is 0 Å². The zero-order valence-corrected chi connectivity index (χ0v) is 16.2. The first-order valence-electron chi connectivity index (χ1n) is 9.17. The van der Waals surface area contributed by atoms with Gasteiger partial charge < -0.3 is 9.47 Å². The van der Waals surface area contributed by atoms with E-state index >= 15 is 0 Å². The molecule has 1 aliphatic rings. The summed E-state index contributed by atoms with van der Waals surface area (Å²) in [4.78, 5) is 15.1. The number of hydrogen-bond acceptors (Lipinski definition) is 5. The molecule has 1 aliphatic heterocycles. The predicted octanol–water partition coefficient (Wildman–Crippen LogP) is 3.70. The first-order valence-corrected chi connectivity index (χ1v) is 9.57. The quantitative estimate of drug-likeness (QED) is 0.375. The molecule has 0 radical (unpaired) electrons. The van der Waals surface area contributed by atoms with Crippen molar-refractivity contribution in [1.82, 2.24) is 14.0 Å². The number of aromatic nitrogens is 2. The highest BCUT2D eigenvalue weighted by molar-refractivity contribution is 7.71. The predicted molar refractivity (Wildman–Crippen MR) is 111 cm³/mol. The molecule has 144 valence electrons. The number of benzene rings is 2. The number of imidazole rings is 1. The van der Waals surface area contributed by atoms with E-state index in [9.17, 15) is 10.1 Å². The van der Waals surface area contributed by atoms with E-state index in [1.807, 2.05) is 59.4 Å². The third-order valence-corrected chi connectivity index (χ3v) is 5.46. The summed E-state index contributed by atoms with van der Waals surface area (Å²) in [6, 6.07) is 16.9. The van der Waals surface area contributed by atoms with Crippen LogP contribution in [0.3, 0.4) is 0 Å². The van der Waals surface area contributed by atoms with Gasteiger partial charge in [0.15, 0.2) is 4.77 Å². The molecule has 1 aromatic heterocycles. The summed E-state index contributed by atoms with van der Waals surface area (Å²) in [6.07, 6.45) is 4.03. The number of hydrogen-bond donors (Lipinski definition) is 0. The van der Waals surface area contributed by atoms with E-state index in [0.29, 0.717) is 0 Å². The highest BCUT2D eigenvalue weighted by Gasteiger charge is 2.18. The van der Waals surface area contributed by atoms with Crippen molar-refractivity contribution in [3.8, 4) is 5.69 Å². The molecular weight excluding hydrogens is 374 g/mol. The standard InChI is InChI=1S/C20H21N5O2S/c26-25(27)19-8-6-17(7-9-19)22-12-10-21(11-13-22)16-23-14-15-24(20(23)28)18-4-2-1-3-5-18/h1-9,14-15H,10-13,16H2. The van der Waals surface area contributed by atoms with Crippen LogP contribution in [-0.4, -0.2) is 45.1 Å². The Morgan fingerprint density at radius 3 is 2.21 bits per heavy atom. The van der Waals surface area contributed by atoms with Crippen molar-refractivity contribution >= 4 is 23.6 Å². The summed E-state index contributed by atoms with van der Waals surface area (Å²) in [5.74, 6) is 0. The number of para-hydroxylation sites is 1. The summed E-state index contributed by atoms with van der Waals surface area (Å²) in [5, 5.41) is 10.8. The monoisotopic (exact) mass is 395 g/mol. The van der Waals surface area contributed by atoms with E-state index in [0.717, 1.165) is 49.0 Å². The fourth-order valence-corrected chi connectivity index (χ4v) is 3.74. The van der Waals surface area contributed by atoms with Gasteiger partial charge in [-0.1, -0.05) is 18.2 Å². The molecular formula is C20H21N5O2S. The van der Waals surface area contributed by atoms with Crippen LogP contribution < -0.4 is 4.90 Å². The molecule has 1 saturated heterocycles. The average Bonchev–Trinajstić information content (AvgIpc) is 3.09. The zero-order valence-electron chi connectivity index (χ0n) is 15.3. The number of rotatable bonds is 5. The smallest absolute Gasteiger partial charge is 0.269 e. The molecule has 0 amide bonds. The Hall–Kier alpha value is -2.97. The molecule has 0 aliphatic carbocycles. The Bertz CT molecular complexity index is 1010. The van der Waals surface area contributed by atoms with Gasteiger partial charge in [0.05, 0.1) is 11.6 Å². The van der Waals surface area contributed by atoms with Crippen LogP contribution in [0, 0.1) is 14.9 Å². The van der Waals surface area contributed by atoms with Crippen LogP contribution in [0.25, 0.3) is 5.69 Å². The van der Waals surface area contributed by atoms with Crippen molar-refractivity contribution < 1.29 is 4.92 Å².